The number of carbonyl (C=O) groups excluding carboxylic acids is 1. The summed E-state index contributed by atoms with van der Waals surface area (Å²) in [4.78, 5) is 13.2. The Balaban J connectivity index is 2.20. The number of amides is 1. The first-order valence-corrected chi connectivity index (χ1v) is 5.21. The van der Waals surface area contributed by atoms with Crippen molar-refractivity contribution in [1.29, 1.82) is 0 Å². The molecule has 1 N–H and O–H groups in total. The van der Waals surface area contributed by atoms with Gasteiger partial charge >= 0.3 is 0 Å². The number of likely N-dealkylation sites (tertiary alicyclic amines) is 1. The lowest BCUT2D eigenvalue weighted by atomic mass is 10.3. The summed E-state index contributed by atoms with van der Waals surface area (Å²) >= 11 is 3.31. The Morgan fingerprint density at radius 1 is 1.58 bits per heavy atom. The van der Waals surface area contributed by atoms with Gasteiger partial charge in [0.1, 0.15) is 0 Å². The molecule has 1 aliphatic heterocycles. The Morgan fingerprint density at radius 3 is 2.83 bits per heavy atom. The first-order chi connectivity index (χ1) is 5.75. The minimum atomic E-state index is 0.0339. The van der Waals surface area contributed by atoms with E-state index in [1.54, 1.807) is 0 Å². The number of nitrogens with zero attached hydrogens (tertiary/aromatic N) is 1. The number of aliphatic hydroxyl groups excluding tert-OH is 1. The quantitative estimate of drug-likeness (QED) is 0.578. The molecule has 0 saturated carbocycles. The number of halogens is 1. The molecule has 70 valence electrons. The van der Waals surface area contributed by atoms with Crippen LogP contribution in [-0.4, -0.2) is 40.4 Å². The average molecular weight is 236 g/mol. The normalized spacial score (nSPS) is 23.7. The van der Waals surface area contributed by atoms with Crippen LogP contribution in [-0.2, 0) is 4.79 Å². The van der Waals surface area contributed by atoms with Crippen molar-refractivity contribution in [2.75, 3.05) is 19.7 Å². The van der Waals surface area contributed by atoms with E-state index in [-0.39, 0.29) is 17.3 Å². The van der Waals surface area contributed by atoms with E-state index >= 15 is 0 Å². The van der Waals surface area contributed by atoms with E-state index in [4.69, 9.17) is 5.11 Å². The van der Waals surface area contributed by atoms with Crippen LogP contribution in [0.15, 0.2) is 0 Å². The van der Waals surface area contributed by atoms with Crippen molar-refractivity contribution in [3.63, 3.8) is 0 Å². The van der Waals surface area contributed by atoms with E-state index in [2.05, 4.69) is 15.9 Å². The first-order valence-electron chi connectivity index (χ1n) is 4.29. The van der Waals surface area contributed by atoms with Crippen LogP contribution >= 0.6 is 15.9 Å². The fourth-order valence-corrected chi connectivity index (χ4v) is 1.83. The highest BCUT2D eigenvalue weighted by Crippen LogP contribution is 2.18. The van der Waals surface area contributed by atoms with Crippen molar-refractivity contribution in [2.45, 2.75) is 24.1 Å². The highest BCUT2D eigenvalue weighted by molar-refractivity contribution is 9.10. The number of aliphatic hydroxyl groups is 1. The fourth-order valence-electron chi connectivity index (χ4n) is 1.34. The van der Waals surface area contributed by atoms with E-state index in [0.717, 1.165) is 32.4 Å². The van der Waals surface area contributed by atoms with Gasteiger partial charge in [-0.3, -0.25) is 4.79 Å². The summed E-state index contributed by atoms with van der Waals surface area (Å²) in [7, 11) is 0. The summed E-state index contributed by atoms with van der Waals surface area (Å²) in [6.45, 7) is 1.88. The van der Waals surface area contributed by atoms with Gasteiger partial charge in [0.25, 0.3) is 0 Å². The van der Waals surface area contributed by atoms with Crippen molar-refractivity contribution in [1.82, 2.24) is 4.90 Å². The van der Waals surface area contributed by atoms with Gasteiger partial charge in [-0.05, 0) is 19.3 Å². The van der Waals surface area contributed by atoms with E-state index < -0.39 is 0 Å². The summed E-state index contributed by atoms with van der Waals surface area (Å²) in [5.74, 6) is 0.202. The third-order valence-electron chi connectivity index (χ3n) is 2.07. The maximum Gasteiger partial charge on any atom is 0.236 e. The summed E-state index contributed by atoms with van der Waals surface area (Å²) in [6.07, 6.45) is 2.61. The summed E-state index contributed by atoms with van der Waals surface area (Å²) < 4.78 is 0. The smallest absolute Gasteiger partial charge is 0.236 e. The zero-order chi connectivity index (χ0) is 8.97. The number of carbonyl (C=O) groups is 1. The number of rotatable bonds is 4. The minimum Gasteiger partial charge on any atom is -0.396 e. The molecule has 0 aliphatic carbocycles. The predicted molar refractivity (Wildman–Crippen MR) is 50.2 cm³/mol. The molecule has 0 aromatic rings. The van der Waals surface area contributed by atoms with Crippen molar-refractivity contribution >= 4 is 21.8 Å². The number of hydrogen-bond donors (Lipinski definition) is 1. The minimum absolute atomic E-state index is 0.0339. The van der Waals surface area contributed by atoms with Gasteiger partial charge in [-0.1, -0.05) is 15.9 Å². The SMILES string of the molecule is O=C1C(Br)CCN1CCCCO. The molecule has 1 unspecified atom stereocenters. The standard InChI is InChI=1S/C8H14BrNO2/c9-7-3-5-10(8(7)12)4-1-2-6-11/h7,11H,1-6H2. The first kappa shape index (κ1) is 9.99. The number of hydrogen-bond acceptors (Lipinski definition) is 2. The molecule has 1 heterocycles. The Morgan fingerprint density at radius 2 is 2.33 bits per heavy atom. The molecule has 3 nitrogen and oxygen atoms in total. The summed E-state index contributed by atoms with van der Waals surface area (Å²) in [5, 5.41) is 8.55. The Hall–Kier alpha value is -0.0900. The molecule has 1 aliphatic rings. The summed E-state index contributed by atoms with van der Waals surface area (Å²) in [6, 6.07) is 0. The van der Waals surface area contributed by atoms with Gasteiger partial charge in [-0.25, -0.2) is 0 Å². The van der Waals surface area contributed by atoms with Crippen LogP contribution in [0.4, 0.5) is 0 Å². The highest BCUT2D eigenvalue weighted by Gasteiger charge is 2.28. The van der Waals surface area contributed by atoms with E-state index in [1.807, 2.05) is 4.90 Å². The second kappa shape index (κ2) is 4.82. The molecule has 0 radical (unpaired) electrons. The van der Waals surface area contributed by atoms with Crippen molar-refractivity contribution in [3.8, 4) is 0 Å². The van der Waals surface area contributed by atoms with Crippen LogP contribution in [0.5, 0.6) is 0 Å². The van der Waals surface area contributed by atoms with Crippen molar-refractivity contribution < 1.29 is 9.90 Å². The number of alkyl halides is 1. The monoisotopic (exact) mass is 235 g/mol. The zero-order valence-electron chi connectivity index (χ0n) is 7.00. The van der Waals surface area contributed by atoms with Crippen LogP contribution < -0.4 is 0 Å². The second-order valence-electron chi connectivity index (χ2n) is 3.01. The van der Waals surface area contributed by atoms with Gasteiger partial charge in [-0.15, -0.1) is 0 Å². The molecule has 1 fully saturated rings. The Kier molecular flexibility index (Phi) is 4.01. The second-order valence-corrected chi connectivity index (χ2v) is 4.12. The highest BCUT2D eigenvalue weighted by atomic mass is 79.9. The lowest BCUT2D eigenvalue weighted by Crippen LogP contribution is -2.28. The Labute approximate surface area is 80.9 Å². The van der Waals surface area contributed by atoms with Gasteiger partial charge in [-0.2, -0.15) is 0 Å². The molecule has 0 aromatic carbocycles. The van der Waals surface area contributed by atoms with Gasteiger partial charge < -0.3 is 10.0 Å². The molecular formula is C8H14BrNO2. The van der Waals surface area contributed by atoms with Crippen LogP contribution in [0.2, 0.25) is 0 Å². The molecule has 1 saturated heterocycles. The third kappa shape index (κ3) is 2.45. The topological polar surface area (TPSA) is 40.5 Å². The molecule has 4 heteroatoms. The maximum atomic E-state index is 11.3. The molecule has 0 aromatic heterocycles. The molecular weight excluding hydrogens is 222 g/mol. The lowest BCUT2D eigenvalue weighted by molar-refractivity contribution is -0.127. The molecule has 0 bridgehead atoms. The Bertz CT molecular complexity index is 163. The van der Waals surface area contributed by atoms with Gasteiger partial charge in [0.15, 0.2) is 0 Å². The van der Waals surface area contributed by atoms with Crippen LogP contribution in [0.25, 0.3) is 0 Å². The van der Waals surface area contributed by atoms with Gasteiger partial charge in [0, 0.05) is 19.7 Å². The molecule has 0 spiro atoms. The van der Waals surface area contributed by atoms with Gasteiger partial charge in [0.2, 0.25) is 5.91 Å². The fraction of sp³-hybridized carbons (Fsp3) is 0.875. The van der Waals surface area contributed by atoms with Crippen molar-refractivity contribution in [3.05, 3.63) is 0 Å². The average Bonchev–Trinajstić information content (AvgIpc) is 2.36. The molecule has 1 amide bonds. The van der Waals surface area contributed by atoms with E-state index in [0.29, 0.717) is 0 Å². The van der Waals surface area contributed by atoms with Crippen LogP contribution in [0.3, 0.4) is 0 Å². The maximum absolute atomic E-state index is 11.3. The largest absolute Gasteiger partial charge is 0.396 e. The molecule has 1 atom stereocenters. The zero-order valence-corrected chi connectivity index (χ0v) is 8.59. The summed E-state index contributed by atoms with van der Waals surface area (Å²) in [5.41, 5.74) is 0. The van der Waals surface area contributed by atoms with E-state index in [9.17, 15) is 4.79 Å². The molecule has 12 heavy (non-hydrogen) atoms. The van der Waals surface area contributed by atoms with Gasteiger partial charge in [0.05, 0.1) is 4.83 Å². The lowest BCUT2D eigenvalue weighted by Gasteiger charge is -2.14. The van der Waals surface area contributed by atoms with Crippen LogP contribution in [0.1, 0.15) is 19.3 Å². The predicted octanol–water partition coefficient (Wildman–Crippen LogP) is 0.755. The van der Waals surface area contributed by atoms with Crippen LogP contribution in [0, 0.1) is 0 Å². The van der Waals surface area contributed by atoms with Crippen molar-refractivity contribution in [2.24, 2.45) is 0 Å². The molecule has 1 rings (SSSR count). The third-order valence-corrected chi connectivity index (χ3v) is 2.92. The van der Waals surface area contributed by atoms with E-state index in [1.165, 1.54) is 0 Å². The number of unbranched alkanes of at least 4 members (excludes halogenated alkanes) is 1.